The first-order valence-corrected chi connectivity index (χ1v) is 10.0. The van der Waals surface area contributed by atoms with Gasteiger partial charge in [-0.25, -0.2) is 14.4 Å². The average Bonchev–Trinajstić information content (AvgIpc) is 3.07. The molecule has 1 saturated heterocycles. The summed E-state index contributed by atoms with van der Waals surface area (Å²) < 4.78 is 15.3. The molecule has 0 radical (unpaired) electrons. The SMILES string of the molecule is O=C(CCCc1nc2cccnc2n1Cc1ccc(F)cc1)N1CCCCC1. The number of rotatable bonds is 6. The number of aryl methyl sites for hydroxylation is 1. The fourth-order valence-corrected chi connectivity index (χ4v) is 3.83. The molecule has 2 aromatic heterocycles. The fourth-order valence-electron chi connectivity index (χ4n) is 3.83. The molecule has 1 aliphatic rings. The van der Waals surface area contributed by atoms with Gasteiger partial charge in [-0.2, -0.15) is 0 Å². The summed E-state index contributed by atoms with van der Waals surface area (Å²) in [6.07, 6.45) is 7.25. The fraction of sp³-hybridized carbons (Fsp3) is 0.409. The molecule has 6 heteroatoms. The lowest BCUT2D eigenvalue weighted by atomic mass is 10.1. The highest BCUT2D eigenvalue weighted by atomic mass is 19.1. The summed E-state index contributed by atoms with van der Waals surface area (Å²) >= 11 is 0. The van der Waals surface area contributed by atoms with Crippen molar-refractivity contribution >= 4 is 17.1 Å². The quantitative estimate of drug-likeness (QED) is 0.651. The van der Waals surface area contributed by atoms with E-state index in [0.717, 1.165) is 61.3 Å². The summed E-state index contributed by atoms with van der Waals surface area (Å²) in [5.41, 5.74) is 2.67. The maximum atomic E-state index is 13.2. The predicted molar refractivity (Wildman–Crippen MR) is 106 cm³/mol. The van der Waals surface area contributed by atoms with Crippen LogP contribution in [0, 0.1) is 5.82 Å². The second-order valence-electron chi connectivity index (χ2n) is 7.38. The first-order valence-electron chi connectivity index (χ1n) is 10.0. The van der Waals surface area contributed by atoms with Crippen LogP contribution in [0.4, 0.5) is 4.39 Å². The second kappa shape index (κ2) is 8.50. The van der Waals surface area contributed by atoms with Crippen LogP contribution in [0.2, 0.25) is 0 Å². The second-order valence-corrected chi connectivity index (χ2v) is 7.38. The maximum Gasteiger partial charge on any atom is 0.222 e. The van der Waals surface area contributed by atoms with Crippen molar-refractivity contribution in [1.82, 2.24) is 19.4 Å². The van der Waals surface area contributed by atoms with Gasteiger partial charge in [-0.15, -0.1) is 0 Å². The Morgan fingerprint density at radius 2 is 1.86 bits per heavy atom. The Kier molecular flexibility index (Phi) is 5.65. The summed E-state index contributed by atoms with van der Waals surface area (Å²) in [7, 11) is 0. The van der Waals surface area contributed by atoms with Crippen molar-refractivity contribution in [1.29, 1.82) is 0 Å². The van der Waals surface area contributed by atoms with Crippen LogP contribution in [0.15, 0.2) is 42.6 Å². The van der Waals surface area contributed by atoms with E-state index in [1.165, 1.54) is 18.6 Å². The van der Waals surface area contributed by atoms with Gasteiger partial charge in [0, 0.05) is 32.1 Å². The lowest BCUT2D eigenvalue weighted by molar-refractivity contribution is -0.132. The number of piperidine rings is 1. The number of halogens is 1. The third kappa shape index (κ3) is 4.21. The number of carbonyl (C=O) groups is 1. The molecule has 0 unspecified atom stereocenters. The summed E-state index contributed by atoms with van der Waals surface area (Å²) in [5.74, 6) is 0.928. The van der Waals surface area contributed by atoms with Gasteiger partial charge in [-0.1, -0.05) is 12.1 Å². The molecule has 146 valence electrons. The van der Waals surface area contributed by atoms with Gasteiger partial charge in [0.15, 0.2) is 5.65 Å². The molecule has 0 atom stereocenters. The first kappa shape index (κ1) is 18.6. The molecule has 1 fully saturated rings. The Morgan fingerprint density at radius 1 is 1.07 bits per heavy atom. The number of benzene rings is 1. The van der Waals surface area contributed by atoms with E-state index in [4.69, 9.17) is 4.98 Å². The van der Waals surface area contributed by atoms with E-state index in [2.05, 4.69) is 9.55 Å². The molecule has 1 aliphatic heterocycles. The van der Waals surface area contributed by atoms with Crippen molar-refractivity contribution < 1.29 is 9.18 Å². The molecule has 0 N–H and O–H groups in total. The van der Waals surface area contributed by atoms with Crippen LogP contribution in [0.25, 0.3) is 11.2 Å². The number of imidazole rings is 1. The normalized spacial score (nSPS) is 14.5. The molecule has 0 saturated carbocycles. The van der Waals surface area contributed by atoms with Gasteiger partial charge < -0.3 is 9.47 Å². The number of amides is 1. The van der Waals surface area contributed by atoms with Gasteiger partial charge in [-0.05, 0) is 55.5 Å². The Labute approximate surface area is 164 Å². The van der Waals surface area contributed by atoms with Crippen LogP contribution in [-0.2, 0) is 17.8 Å². The smallest absolute Gasteiger partial charge is 0.222 e. The third-order valence-electron chi connectivity index (χ3n) is 5.34. The van der Waals surface area contributed by atoms with Crippen molar-refractivity contribution in [3.8, 4) is 0 Å². The summed E-state index contributed by atoms with van der Waals surface area (Å²) in [6, 6.07) is 10.3. The van der Waals surface area contributed by atoms with E-state index in [1.807, 2.05) is 17.0 Å². The highest BCUT2D eigenvalue weighted by molar-refractivity contribution is 5.76. The van der Waals surface area contributed by atoms with Crippen LogP contribution in [-0.4, -0.2) is 38.4 Å². The molecule has 1 amide bonds. The van der Waals surface area contributed by atoms with Gasteiger partial charge in [0.2, 0.25) is 5.91 Å². The highest BCUT2D eigenvalue weighted by Gasteiger charge is 2.17. The van der Waals surface area contributed by atoms with E-state index in [0.29, 0.717) is 13.0 Å². The molecule has 3 heterocycles. The van der Waals surface area contributed by atoms with Crippen molar-refractivity contribution in [2.24, 2.45) is 0 Å². The molecule has 0 spiro atoms. The topological polar surface area (TPSA) is 51.0 Å². The van der Waals surface area contributed by atoms with Gasteiger partial charge in [0.25, 0.3) is 0 Å². The van der Waals surface area contributed by atoms with Gasteiger partial charge in [0.1, 0.15) is 17.2 Å². The van der Waals surface area contributed by atoms with Crippen molar-refractivity contribution in [2.75, 3.05) is 13.1 Å². The highest BCUT2D eigenvalue weighted by Crippen LogP contribution is 2.18. The number of likely N-dealkylation sites (tertiary alicyclic amines) is 1. The summed E-state index contributed by atoms with van der Waals surface area (Å²) in [5, 5.41) is 0. The van der Waals surface area contributed by atoms with Crippen molar-refractivity contribution in [3.63, 3.8) is 0 Å². The number of fused-ring (bicyclic) bond motifs is 1. The first-order chi connectivity index (χ1) is 13.7. The Bertz CT molecular complexity index is 945. The van der Waals surface area contributed by atoms with E-state index in [9.17, 15) is 9.18 Å². The van der Waals surface area contributed by atoms with Crippen molar-refractivity contribution in [2.45, 2.75) is 45.1 Å². The number of hydrogen-bond acceptors (Lipinski definition) is 3. The van der Waals surface area contributed by atoms with E-state index >= 15 is 0 Å². The van der Waals surface area contributed by atoms with Gasteiger partial charge in [-0.3, -0.25) is 4.79 Å². The van der Waals surface area contributed by atoms with Crippen LogP contribution in [0.1, 0.15) is 43.5 Å². The number of carbonyl (C=O) groups excluding carboxylic acids is 1. The van der Waals surface area contributed by atoms with Gasteiger partial charge in [0.05, 0.1) is 6.54 Å². The molecule has 1 aromatic carbocycles. The van der Waals surface area contributed by atoms with E-state index < -0.39 is 0 Å². The van der Waals surface area contributed by atoms with Crippen molar-refractivity contribution in [3.05, 3.63) is 59.8 Å². The molecule has 5 nitrogen and oxygen atoms in total. The average molecular weight is 380 g/mol. The molecule has 0 bridgehead atoms. The minimum absolute atomic E-state index is 0.242. The van der Waals surface area contributed by atoms with E-state index in [1.54, 1.807) is 18.3 Å². The number of aromatic nitrogens is 3. The number of pyridine rings is 1. The Morgan fingerprint density at radius 3 is 2.64 bits per heavy atom. The molecule has 4 rings (SSSR count). The standard InChI is InChI=1S/C22H25FN4O/c23-18-11-9-17(10-12-18)16-27-20(25-19-6-5-13-24-22(19)27)7-4-8-21(28)26-14-2-1-3-15-26/h5-6,9-13H,1-4,7-8,14-16H2. The molecule has 0 aliphatic carbocycles. The molecular formula is C22H25FN4O. The minimum atomic E-state index is -0.242. The summed E-state index contributed by atoms with van der Waals surface area (Å²) in [6.45, 7) is 2.38. The van der Waals surface area contributed by atoms with Crippen LogP contribution < -0.4 is 0 Å². The van der Waals surface area contributed by atoms with Crippen LogP contribution in [0.5, 0.6) is 0 Å². The minimum Gasteiger partial charge on any atom is -0.343 e. The predicted octanol–water partition coefficient (Wildman–Crippen LogP) is 3.95. The number of nitrogens with zero attached hydrogens (tertiary/aromatic N) is 4. The zero-order chi connectivity index (χ0) is 19.3. The van der Waals surface area contributed by atoms with E-state index in [-0.39, 0.29) is 11.7 Å². The van der Waals surface area contributed by atoms with Gasteiger partial charge >= 0.3 is 0 Å². The molecule has 28 heavy (non-hydrogen) atoms. The largest absolute Gasteiger partial charge is 0.343 e. The lowest BCUT2D eigenvalue weighted by Gasteiger charge is -2.26. The maximum absolute atomic E-state index is 13.2. The van der Waals surface area contributed by atoms with Crippen LogP contribution in [0.3, 0.4) is 0 Å². The molecular weight excluding hydrogens is 355 g/mol. The Balaban J connectivity index is 1.48. The Hall–Kier alpha value is -2.76. The van der Waals surface area contributed by atoms with Crippen LogP contribution >= 0.6 is 0 Å². The lowest BCUT2D eigenvalue weighted by Crippen LogP contribution is -2.35. The molecule has 3 aromatic rings. The zero-order valence-corrected chi connectivity index (χ0v) is 16.0. The monoisotopic (exact) mass is 380 g/mol. The zero-order valence-electron chi connectivity index (χ0n) is 16.0. The summed E-state index contributed by atoms with van der Waals surface area (Å²) in [4.78, 5) is 23.6. The number of hydrogen-bond donors (Lipinski definition) is 0. The third-order valence-corrected chi connectivity index (χ3v) is 5.34.